The summed E-state index contributed by atoms with van der Waals surface area (Å²) < 4.78 is 24.6. The quantitative estimate of drug-likeness (QED) is 0.713. The number of Topliss-reactive ketones (excluding diaryl/α,β-unsaturated/α-hetero) is 1. The van der Waals surface area contributed by atoms with Crippen molar-refractivity contribution in [1.29, 1.82) is 0 Å². The number of nitrogens with one attached hydrogen (secondary N) is 1. The molecule has 1 aromatic rings. The van der Waals surface area contributed by atoms with Crippen molar-refractivity contribution in [3.63, 3.8) is 0 Å². The second-order valence-electron chi connectivity index (χ2n) is 4.84. The molecule has 21 heavy (non-hydrogen) atoms. The first-order chi connectivity index (χ1) is 9.82. The van der Waals surface area contributed by atoms with E-state index in [1.165, 1.54) is 0 Å². The maximum absolute atomic E-state index is 12.3. The Morgan fingerprint density at radius 3 is 2.24 bits per heavy atom. The molecule has 0 radical (unpaired) electrons. The molecule has 1 heterocycles. The van der Waals surface area contributed by atoms with Crippen molar-refractivity contribution in [1.82, 2.24) is 0 Å². The second kappa shape index (κ2) is 7.26. The van der Waals surface area contributed by atoms with Gasteiger partial charge in [-0.05, 0) is 12.8 Å². The highest BCUT2D eigenvalue weighted by atomic mass is 32.2. The van der Waals surface area contributed by atoms with Crippen LogP contribution in [0.4, 0.5) is 10.7 Å². The van der Waals surface area contributed by atoms with Gasteiger partial charge in [-0.3, -0.25) is 4.79 Å². The van der Waals surface area contributed by atoms with Crippen molar-refractivity contribution < 1.29 is 13.2 Å². The summed E-state index contributed by atoms with van der Waals surface area (Å²) in [7, 11) is -3.47. The van der Waals surface area contributed by atoms with Crippen LogP contribution in [0.25, 0.3) is 0 Å². The number of rotatable bonds is 8. The van der Waals surface area contributed by atoms with Crippen LogP contribution in [0.5, 0.6) is 0 Å². The van der Waals surface area contributed by atoms with E-state index in [1.807, 2.05) is 13.8 Å². The van der Waals surface area contributed by atoms with Crippen LogP contribution in [0.1, 0.15) is 56.6 Å². The zero-order valence-corrected chi connectivity index (χ0v) is 14.7. The minimum absolute atomic E-state index is 0.0364. The molecular weight excluding hydrogens is 308 g/mol. The molecule has 7 heteroatoms. The van der Waals surface area contributed by atoms with Crippen molar-refractivity contribution >= 4 is 37.6 Å². The second-order valence-corrected chi connectivity index (χ2v) is 8.08. The molecule has 0 bridgehead atoms. The van der Waals surface area contributed by atoms with Gasteiger partial charge in [0.25, 0.3) is 0 Å². The zero-order valence-electron chi connectivity index (χ0n) is 13.0. The third-order valence-corrected chi connectivity index (χ3v) is 6.60. The number of sulfone groups is 1. The summed E-state index contributed by atoms with van der Waals surface area (Å²) in [4.78, 5) is 12.4. The minimum atomic E-state index is -3.47. The fraction of sp³-hybridized carbons (Fsp3) is 0.643. The van der Waals surface area contributed by atoms with Crippen LogP contribution < -0.4 is 11.1 Å². The lowest BCUT2D eigenvalue weighted by Gasteiger charge is -2.16. The number of ketones is 1. The molecule has 0 spiro atoms. The fourth-order valence-corrected chi connectivity index (χ4v) is 4.76. The van der Waals surface area contributed by atoms with Crippen molar-refractivity contribution in [2.24, 2.45) is 0 Å². The summed E-state index contributed by atoms with van der Waals surface area (Å²) >= 11 is 1.16. The van der Waals surface area contributed by atoms with Crippen molar-refractivity contribution in [3.8, 4) is 0 Å². The van der Waals surface area contributed by atoms with Gasteiger partial charge in [0.15, 0.2) is 15.6 Å². The van der Waals surface area contributed by atoms with Gasteiger partial charge in [0.1, 0.15) is 9.90 Å². The Morgan fingerprint density at radius 2 is 1.81 bits per heavy atom. The van der Waals surface area contributed by atoms with E-state index >= 15 is 0 Å². The molecule has 0 fully saturated rings. The third-order valence-electron chi connectivity index (χ3n) is 3.49. The van der Waals surface area contributed by atoms with E-state index in [4.69, 9.17) is 5.73 Å². The first-order valence-electron chi connectivity index (χ1n) is 7.26. The number of carbonyl (C=O) groups is 1. The van der Waals surface area contributed by atoms with Gasteiger partial charge in [-0.25, -0.2) is 8.42 Å². The molecule has 0 atom stereocenters. The maximum Gasteiger partial charge on any atom is 0.183 e. The topological polar surface area (TPSA) is 89.3 Å². The Kier molecular flexibility index (Phi) is 6.22. The highest BCUT2D eigenvalue weighted by Crippen LogP contribution is 2.41. The maximum atomic E-state index is 12.3. The SMILES string of the molecule is CCC(=O)c1sc(NC(CC)CC)c(S(=O)(=O)CC)c1N. The van der Waals surface area contributed by atoms with Gasteiger partial charge in [0.2, 0.25) is 0 Å². The molecule has 1 aromatic heterocycles. The summed E-state index contributed by atoms with van der Waals surface area (Å²) in [6.45, 7) is 7.38. The van der Waals surface area contributed by atoms with Gasteiger partial charge in [-0.1, -0.05) is 27.7 Å². The first-order valence-corrected chi connectivity index (χ1v) is 9.73. The standard InChI is InChI=1S/C14H24N2O3S2/c1-5-9(6-2)16-14-13(21(18,19)8-4)11(15)12(20-14)10(17)7-3/h9,16H,5-8,15H2,1-4H3. The highest BCUT2D eigenvalue weighted by Gasteiger charge is 2.28. The van der Waals surface area contributed by atoms with E-state index in [1.54, 1.807) is 13.8 Å². The lowest BCUT2D eigenvalue weighted by Crippen LogP contribution is -2.18. The number of thiophene rings is 1. The van der Waals surface area contributed by atoms with E-state index in [0.717, 1.165) is 24.2 Å². The third kappa shape index (κ3) is 3.77. The Hall–Kier alpha value is -1.08. The Bertz CT molecular complexity index is 602. The first kappa shape index (κ1) is 18.0. The summed E-state index contributed by atoms with van der Waals surface area (Å²) in [6, 6.07) is 0.165. The predicted molar refractivity (Wildman–Crippen MR) is 89.1 cm³/mol. The van der Waals surface area contributed by atoms with Crippen LogP contribution >= 0.6 is 11.3 Å². The molecular formula is C14H24N2O3S2. The van der Waals surface area contributed by atoms with Gasteiger partial charge < -0.3 is 11.1 Å². The smallest absolute Gasteiger partial charge is 0.183 e. The molecule has 1 rings (SSSR count). The van der Waals surface area contributed by atoms with E-state index in [-0.39, 0.29) is 28.2 Å². The Labute approximate surface area is 130 Å². The molecule has 5 nitrogen and oxygen atoms in total. The zero-order chi connectivity index (χ0) is 16.2. The number of carbonyl (C=O) groups excluding carboxylic acids is 1. The van der Waals surface area contributed by atoms with Crippen molar-refractivity contribution in [2.75, 3.05) is 16.8 Å². The lowest BCUT2D eigenvalue weighted by molar-refractivity contribution is 0.0992. The number of hydrogen-bond donors (Lipinski definition) is 2. The van der Waals surface area contributed by atoms with E-state index in [2.05, 4.69) is 5.32 Å². The molecule has 0 aromatic carbocycles. The predicted octanol–water partition coefficient (Wildman–Crippen LogP) is 3.32. The number of nitrogens with two attached hydrogens (primary N) is 1. The molecule has 0 aliphatic carbocycles. The molecule has 0 aliphatic heterocycles. The van der Waals surface area contributed by atoms with E-state index < -0.39 is 9.84 Å². The number of anilines is 2. The Balaban J connectivity index is 3.44. The summed E-state index contributed by atoms with van der Waals surface area (Å²) in [5.41, 5.74) is 6.07. The minimum Gasteiger partial charge on any atom is -0.396 e. The van der Waals surface area contributed by atoms with Crippen molar-refractivity contribution in [3.05, 3.63) is 4.88 Å². The van der Waals surface area contributed by atoms with Gasteiger partial charge in [0, 0.05) is 12.5 Å². The average Bonchev–Trinajstić information content (AvgIpc) is 2.81. The molecule has 0 amide bonds. The number of nitrogen functional groups attached to an aromatic ring is 1. The summed E-state index contributed by atoms with van der Waals surface area (Å²) in [5.74, 6) is -0.159. The molecule has 0 saturated carbocycles. The van der Waals surface area contributed by atoms with Crippen LogP contribution in [-0.2, 0) is 9.84 Å². The summed E-state index contributed by atoms with van der Waals surface area (Å²) in [5, 5.41) is 3.73. The van der Waals surface area contributed by atoms with Gasteiger partial charge >= 0.3 is 0 Å². The Morgan fingerprint density at radius 1 is 1.24 bits per heavy atom. The van der Waals surface area contributed by atoms with Gasteiger partial charge in [-0.2, -0.15) is 0 Å². The lowest BCUT2D eigenvalue weighted by atomic mass is 10.2. The normalized spacial score (nSPS) is 11.9. The molecule has 0 saturated heterocycles. The van der Waals surface area contributed by atoms with Crippen LogP contribution in [0, 0.1) is 0 Å². The van der Waals surface area contributed by atoms with E-state index in [0.29, 0.717) is 16.3 Å². The number of hydrogen-bond acceptors (Lipinski definition) is 6. The van der Waals surface area contributed by atoms with Crippen LogP contribution in [0.3, 0.4) is 0 Å². The largest absolute Gasteiger partial charge is 0.396 e. The molecule has 0 aliphatic rings. The van der Waals surface area contributed by atoms with Crippen LogP contribution in [-0.4, -0.2) is 26.0 Å². The van der Waals surface area contributed by atoms with Crippen LogP contribution in [0.15, 0.2) is 4.90 Å². The van der Waals surface area contributed by atoms with Crippen molar-refractivity contribution in [2.45, 2.75) is 57.9 Å². The molecule has 0 unspecified atom stereocenters. The van der Waals surface area contributed by atoms with Gasteiger partial charge in [0.05, 0.1) is 16.3 Å². The van der Waals surface area contributed by atoms with Crippen LogP contribution in [0.2, 0.25) is 0 Å². The fourth-order valence-electron chi connectivity index (χ4n) is 2.02. The van der Waals surface area contributed by atoms with Gasteiger partial charge in [-0.15, -0.1) is 11.3 Å². The molecule has 3 N–H and O–H groups in total. The molecule has 120 valence electrons. The average molecular weight is 332 g/mol. The monoisotopic (exact) mass is 332 g/mol. The van der Waals surface area contributed by atoms with E-state index in [9.17, 15) is 13.2 Å². The highest BCUT2D eigenvalue weighted by molar-refractivity contribution is 7.92. The summed E-state index contributed by atoms with van der Waals surface area (Å²) in [6.07, 6.45) is 2.05.